The number of nitrogens with zero attached hydrogens (tertiary/aromatic N) is 2. The summed E-state index contributed by atoms with van der Waals surface area (Å²) in [6, 6.07) is 12.0. The quantitative estimate of drug-likeness (QED) is 0.726. The van der Waals surface area contributed by atoms with Crippen LogP contribution in [0.1, 0.15) is 10.4 Å². The average molecular weight is 355 g/mol. The zero-order valence-electron chi connectivity index (χ0n) is 14.5. The molecule has 0 aliphatic heterocycles. The van der Waals surface area contributed by atoms with E-state index in [0.717, 1.165) is 0 Å². The predicted molar refractivity (Wildman–Crippen MR) is 93.8 cm³/mol. The van der Waals surface area contributed by atoms with Gasteiger partial charge >= 0.3 is 6.01 Å². The van der Waals surface area contributed by atoms with E-state index in [1.807, 2.05) is 0 Å². The van der Waals surface area contributed by atoms with Gasteiger partial charge < -0.3 is 18.6 Å². The van der Waals surface area contributed by atoms with Crippen molar-refractivity contribution in [3.63, 3.8) is 0 Å². The van der Waals surface area contributed by atoms with E-state index in [0.29, 0.717) is 28.4 Å². The van der Waals surface area contributed by atoms with Crippen LogP contribution in [0.5, 0.6) is 17.2 Å². The number of amides is 1. The molecule has 2 aromatic carbocycles. The van der Waals surface area contributed by atoms with Gasteiger partial charge in [-0.05, 0) is 30.3 Å². The Morgan fingerprint density at radius 3 is 2.46 bits per heavy atom. The zero-order chi connectivity index (χ0) is 18.5. The molecule has 0 unspecified atom stereocenters. The molecule has 1 N–H and O–H groups in total. The SMILES string of the molecule is COc1cccc(-c2nnc(NC(=O)c3ccc(OC)cc3OC)o2)c1. The van der Waals surface area contributed by atoms with Gasteiger partial charge in [0.15, 0.2) is 0 Å². The smallest absolute Gasteiger partial charge is 0.322 e. The van der Waals surface area contributed by atoms with Gasteiger partial charge in [-0.25, -0.2) is 0 Å². The van der Waals surface area contributed by atoms with Crippen LogP contribution in [0.3, 0.4) is 0 Å². The molecule has 8 heteroatoms. The Kier molecular flexibility index (Phi) is 5.02. The van der Waals surface area contributed by atoms with Gasteiger partial charge in [0.2, 0.25) is 5.89 Å². The minimum Gasteiger partial charge on any atom is -0.497 e. The van der Waals surface area contributed by atoms with E-state index in [1.54, 1.807) is 49.6 Å². The number of methoxy groups -OCH3 is 3. The zero-order valence-corrected chi connectivity index (χ0v) is 14.5. The fourth-order valence-electron chi connectivity index (χ4n) is 2.30. The molecule has 3 rings (SSSR count). The molecule has 0 spiro atoms. The lowest BCUT2D eigenvalue weighted by Crippen LogP contribution is -2.13. The highest BCUT2D eigenvalue weighted by Gasteiger charge is 2.17. The van der Waals surface area contributed by atoms with Crippen LogP contribution in [0.4, 0.5) is 6.01 Å². The lowest BCUT2D eigenvalue weighted by Gasteiger charge is -2.09. The molecule has 0 bridgehead atoms. The summed E-state index contributed by atoms with van der Waals surface area (Å²) in [4.78, 5) is 12.5. The first-order valence-electron chi connectivity index (χ1n) is 7.66. The highest BCUT2D eigenvalue weighted by Crippen LogP contribution is 2.27. The molecule has 0 aliphatic carbocycles. The van der Waals surface area contributed by atoms with Gasteiger partial charge in [-0.1, -0.05) is 11.2 Å². The average Bonchev–Trinajstić information content (AvgIpc) is 3.15. The van der Waals surface area contributed by atoms with Gasteiger partial charge in [0.05, 0.1) is 26.9 Å². The molecule has 1 aromatic heterocycles. The summed E-state index contributed by atoms with van der Waals surface area (Å²) in [6.07, 6.45) is 0. The third-order valence-electron chi connectivity index (χ3n) is 3.62. The topological polar surface area (TPSA) is 95.7 Å². The Balaban J connectivity index is 1.79. The number of carbonyl (C=O) groups excluding carboxylic acids is 1. The Bertz CT molecular complexity index is 923. The van der Waals surface area contributed by atoms with Crippen LogP contribution >= 0.6 is 0 Å². The summed E-state index contributed by atoms with van der Waals surface area (Å²) in [7, 11) is 4.58. The molecule has 0 radical (unpaired) electrons. The Morgan fingerprint density at radius 1 is 0.962 bits per heavy atom. The van der Waals surface area contributed by atoms with Gasteiger partial charge in [-0.3, -0.25) is 10.1 Å². The fourth-order valence-corrected chi connectivity index (χ4v) is 2.30. The molecule has 0 atom stereocenters. The van der Waals surface area contributed by atoms with E-state index in [2.05, 4.69) is 15.5 Å². The number of ether oxygens (including phenoxy) is 3. The number of hydrogen-bond donors (Lipinski definition) is 1. The summed E-state index contributed by atoms with van der Waals surface area (Å²) in [5, 5.41) is 10.3. The maximum Gasteiger partial charge on any atom is 0.322 e. The van der Waals surface area contributed by atoms with E-state index >= 15 is 0 Å². The summed E-state index contributed by atoms with van der Waals surface area (Å²) in [5.41, 5.74) is 0.994. The largest absolute Gasteiger partial charge is 0.497 e. The number of rotatable bonds is 6. The number of nitrogens with one attached hydrogen (secondary N) is 1. The maximum absolute atomic E-state index is 12.5. The van der Waals surface area contributed by atoms with Crippen LogP contribution in [0.2, 0.25) is 0 Å². The van der Waals surface area contributed by atoms with Crippen molar-refractivity contribution in [2.75, 3.05) is 26.6 Å². The molecule has 0 aliphatic rings. The van der Waals surface area contributed by atoms with Crippen molar-refractivity contribution in [3.05, 3.63) is 48.0 Å². The van der Waals surface area contributed by atoms with Crippen LogP contribution in [-0.2, 0) is 0 Å². The second kappa shape index (κ2) is 7.56. The Morgan fingerprint density at radius 2 is 1.73 bits per heavy atom. The van der Waals surface area contributed by atoms with Crippen LogP contribution in [0, 0.1) is 0 Å². The third kappa shape index (κ3) is 3.59. The van der Waals surface area contributed by atoms with Crippen molar-refractivity contribution in [2.24, 2.45) is 0 Å². The molecule has 0 saturated heterocycles. The summed E-state index contributed by atoms with van der Waals surface area (Å²) < 4.78 is 21.0. The first-order chi connectivity index (χ1) is 12.6. The van der Waals surface area contributed by atoms with Crippen molar-refractivity contribution in [1.29, 1.82) is 0 Å². The van der Waals surface area contributed by atoms with Crippen LogP contribution in [0.15, 0.2) is 46.9 Å². The Hall–Kier alpha value is -3.55. The van der Waals surface area contributed by atoms with E-state index < -0.39 is 5.91 Å². The van der Waals surface area contributed by atoms with Gasteiger partial charge in [0.1, 0.15) is 17.2 Å². The summed E-state index contributed by atoms with van der Waals surface area (Å²) in [5.74, 6) is 1.44. The molecular weight excluding hydrogens is 338 g/mol. The second-order valence-corrected chi connectivity index (χ2v) is 5.16. The predicted octanol–water partition coefficient (Wildman–Crippen LogP) is 3.01. The maximum atomic E-state index is 12.5. The van der Waals surface area contributed by atoms with Gasteiger partial charge in [0, 0.05) is 11.6 Å². The molecule has 1 heterocycles. The standard InChI is InChI=1S/C18H17N3O5/c1-23-12-6-4-5-11(9-12)17-20-21-18(26-17)19-16(22)14-8-7-13(24-2)10-15(14)25-3/h4-10H,1-3H3,(H,19,21,22). The molecule has 1 amide bonds. The molecule has 26 heavy (non-hydrogen) atoms. The van der Waals surface area contributed by atoms with Crippen LogP contribution in [0.25, 0.3) is 11.5 Å². The Labute approximate surface area is 149 Å². The minimum absolute atomic E-state index is 0.0225. The highest BCUT2D eigenvalue weighted by atomic mass is 16.5. The number of anilines is 1. The lowest BCUT2D eigenvalue weighted by atomic mass is 10.2. The lowest BCUT2D eigenvalue weighted by molar-refractivity contribution is 0.102. The molecule has 0 fully saturated rings. The van der Waals surface area contributed by atoms with Crippen molar-refractivity contribution in [1.82, 2.24) is 10.2 Å². The van der Waals surface area contributed by atoms with E-state index in [1.165, 1.54) is 14.2 Å². The van der Waals surface area contributed by atoms with E-state index in [4.69, 9.17) is 18.6 Å². The molecular formula is C18H17N3O5. The van der Waals surface area contributed by atoms with Gasteiger partial charge in [-0.2, -0.15) is 0 Å². The summed E-state index contributed by atoms with van der Waals surface area (Å²) >= 11 is 0. The first kappa shape index (κ1) is 17.3. The van der Waals surface area contributed by atoms with Gasteiger partial charge in [-0.15, -0.1) is 5.10 Å². The van der Waals surface area contributed by atoms with Crippen molar-refractivity contribution < 1.29 is 23.4 Å². The van der Waals surface area contributed by atoms with Crippen molar-refractivity contribution in [3.8, 4) is 28.7 Å². The van der Waals surface area contributed by atoms with Gasteiger partial charge in [0.25, 0.3) is 5.91 Å². The second-order valence-electron chi connectivity index (χ2n) is 5.16. The molecule has 8 nitrogen and oxygen atoms in total. The van der Waals surface area contributed by atoms with E-state index in [-0.39, 0.29) is 11.9 Å². The number of aromatic nitrogens is 2. The van der Waals surface area contributed by atoms with Crippen LogP contribution < -0.4 is 19.5 Å². The monoisotopic (exact) mass is 355 g/mol. The molecule has 0 saturated carbocycles. The number of benzene rings is 2. The molecule has 3 aromatic rings. The minimum atomic E-state index is -0.439. The fraction of sp³-hybridized carbons (Fsp3) is 0.167. The van der Waals surface area contributed by atoms with E-state index in [9.17, 15) is 4.79 Å². The van der Waals surface area contributed by atoms with Crippen molar-refractivity contribution >= 4 is 11.9 Å². The number of carbonyl (C=O) groups is 1. The first-order valence-corrected chi connectivity index (χ1v) is 7.66. The normalized spacial score (nSPS) is 10.3. The van der Waals surface area contributed by atoms with Crippen molar-refractivity contribution in [2.45, 2.75) is 0 Å². The van der Waals surface area contributed by atoms with Crippen LogP contribution in [-0.4, -0.2) is 37.4 Å². The summed E-state index contributed by atoms with van der Waals surface area (Å²) in [6.45, 7) is 0. The highest BCUT2D eigenvalue weighted by molar-refractivity contribution is 6.05. The molecule has 134 valence electrons. The number of hydrogen-bond acceptors (Lipinski definition) is 7. The third-order valence-corrected chi connectivity index (χ3v) is 3.62.